The van der Waals surface area contributed by atoms with Crippen molar-refractivity contribution in [2.45, 2.75) is 37.8 Å². The van der Waals surface area contributed by atoms with Crippen LogP contribution in [0.5, 0.6) is 0 Å². The van der Waals surface area contributed by atoms with E-state index in [1.807, 2.05) is 0 Å². The fraction of sp³-hybridized carbons (Fsp3) is 0.375. The van der Waals surface area contributed by atoms with Gasteiger partial charge in [-0.2, -0.15) is 0 Å². The van der Waals surface area contributed by atoms with E-state index in [2.05, 4.69) is 26.2 Å². The Balaban J connectivity index is 1.92. The number of hydrogen-bond donors (Lipinski definition) is 3. The maximum atomic E-state index is 12.5. The van der Waals surface area contributed by atoms with Gasteiger partial charge in [-0.05, 0) is 25.0 Å². The predicted octanol–water partition coefficient (Wildman–Crippen LogP) is 2.61. The molecule has 2 atom stereocenters. The van der Waals surface area contributed by atoms with E-state index < -0.39 is 6.10 Å². The number of aromatic nitrogens is 1. The van der Waals surface area contributed by atoms with Crippen LogP contribution < -0.4 is 11.1 Å². The Labute approximate surface area is 137 Å². The minimum absolute atomic E-state index is 0.201. The number of aliphatic hydroxyl groups excluding tert-OH is 1. The third-order valence-electron chi connectivity index (χ3n) is 4.22. The number of halogens is 1. The number of nitrogens with two attached hydrogens (primary N) is 1. The number of rotatable bonds is 2. The Kier molecular flexibility index (Phi) is 4.31. The van der Waals surface area contributed by atoms with Gasteiger partial charge in [0.2, 0.25) is 0 Å². The maximum absolute atomic E-state index is 12.5. The van der Waals surface area contributed by atoms with Gasteiger partial charge in [-0.1, -0.05) is 28.8 Å². The Morgan fingerprint density at radius 3 is 2.91 bits per heavy atom. The summed E-state index contributed by atoms with van der Waals surface area (Å²) in [5.74, 6) is -0.247. The number of fused-ring (bicyclic) bond motifs is 1. The molecule has 1 aromatic carbocycles. The number of nitrogens with one attached hydrogen (secondary N) is 1. The molecule has 1 aliphatic carbocycles. The van der Waals surface area contributed by atoms with Crippen LogP contribution in [0.25, 0.3) is 10.8 Å². The number of carbonyl (C=O) groups is 1. The van der Waals surface area contributed by atoms with Crippen LogP contribution in [-0.4, -0.2) is 28.1 Å². The van der Waals surface area contributed by atoms with E-state index in [9.17, 15) is 9.90 Å². The molecule has 1 aliphatic rings. The molecule has 0 unspecified atom stereocenters. The first-order valence-electron chi connectivity index (χ1n) is 7.38. The topological polar surface area (TPSA) is 88.2 Å². The lowest BCUT2D eigenvalue weighted by Crippen LogP contribution is -2.45. The zero-order valence-electron chi connectivity index (χ0n) is 12.1. The van der Waals surface area contributed by atoms with Crippen LogP contribution in [0.2, 0.25) is 0 Å². The molecular formula is C16H18BrN3O2. The lowest BCUT2D eigenvalue weighted by atomic mass is 9.92. The maximum Gasteiger partial charge on any atom is 0.253 e. The number of nitrogen functional groups attached to an aromatic ring is 1. The third-order valence-corrected chi connectivity index (χ3v) is 4.88. The van der Waals surface area contributed by atoms with E-state index in [1.54, 1.807) is 24.5 Å². The van der Waals surface area contributed by atoms with Crippen LogP contribution in [0, 0.1) is 0 Å². The molecule has 22 heavy (non-hydrogen) atoms. The molecular weight excluding hydrogens is 346 g/mol. The molecule has 0 radical (unpaired) electrons. The molecule has 1 aromatic heterocycles. The van der Waals surface area contributed by atoms with E-state index in [4.69, 9.17) is 5.73 Å². The van der Waals surface area contributed by atoms with Crippen LogP contribution in [0.1, 0.15) is 36.0 Å². The zero-order valence-corrected chi connectivity index (χ0v) is 13.6. The number of nitrogens with zero attached hydrogens (tertiary/aromatic N) is 1. The molecule has 1 saturated carbocycles. The van der Waals surface area contributed by atoms with Gasteiger partial charge < -0.3 is 16.2 Å². The molecule has 1 heterocycles. The Bertz CT molecular complexity index is 720. The van der Waals surface area contributed by atoms with Gasteiger partial charge in [-0.25, -0.2) is 0 Å². The number of benzene rings is 1. The molecule has 5 nitrogen and oxygen atoms in total. The largest absolute Gasteiger partial charge is 0.398 e. The van der Waals surface area contributed by atoms with Gasteiger partial charge in [0, 0.05) is 27.6 Å². The third kappa shape index (κ3) is 2.80. The van der Waals surface area contributed by atoms with Crippen LogP contribution in [0.4, 0.5) is 5.69 Å². The average Bonchev–Trinajstić information content (AvgIpc) is 2.53. The zero-order chi connectivity index (χ0) is 15.7. The Hall–Kier alpha value is -1.66. The first-order valence-corrected chi connectivity index (χ1v) is 8.18. The van der Waals surface area contributed by atoms with Gasteiger partial charge in [-0.15, -0.1) is 0 Å². The fourth-order valence-electron chi connectivity index (χ4n) is 2.96. The first kappa shape index (κ1) is 15.2. The average molecular weight is 364 g/mol. The summed E-state index contributed by atoms with van der Waals surface area (Å²) in [6, 6.07) is 3.30. The summed E-state index contributed by atoms with van der Waals surface area (Å²) >= 11 is 3.46. The van der Waals surface area contributed by atoms with Crippen LogP contribution in [0.3, 0.4) is 0 Å². The van der Waals surface area contributed by atoms with E-state index in [0.717, 1.165) is 40.9 Å². The number of aliphatic hydroxyl groups is 1. The van der Waals surface area contributed by atoms with Crippen molar-refractivity contribution in [1.82, 2.24) is 10.3 Å². The quantitative estimate of drug-likeness (QED) is 0.715. The molecule has 0 aliphatic heterocycles. The molecule has 6 heteroatoms. The summed E-state index contributed by atoms with van der Waals surface area (Å²) in [5, 5.41) is 14.6. The SMILES string of the molecule is Nc1c(C(=O)N[C@H]2CCCC[C@@H]2O)cc(Br)c2cnccc12. The molecule has 1 fully saturated rings. The van der Waals surface area contributed by atoms with Gasteiger partial charge in [0.05, 0.1) is 23.4 Å². The van der Waals surface area contributed by atoms with Crippen molar-refractivity contribution in [3.8, 4) is 0 Å². The summed E-state index contributed by atoms with van der Waals surface area (Å²) in [5.41, 5.74) is 7.01. The van der Waals surface area contributed by atoms with Gasteiger partial charge in [-0.3, -0.25) is 9.78 Å². The summed E-state index contributed by atoms with van der Waals surface area (Å²) < 4.78 is 0.777. The highest BCUT2D eigenvalue weighted by Crippen LogP contribution is 2.31. The number of anilines is 1. The highest BCUT2D eigenvalue weighted by molar-refractivity contribution is 9.10. The van der Waals surface area contributed by atoms with Crippen molar-refractivity contribution in [2.24, 2.45) is 0 Å². The summed E-state index contributed by atoms with van der Waals surface area (Å²) in [7, 11) is 0. The molecule has 0 saturated heterocycles. The number of hydrogen-bond acceptors (Lipinski definition) is 4. The van der Waals surface area contributed by atoms with Gasteiger partial charge >= 0.3 is 0 Å². The van der Waals surface area contributed by atoms with E-state index in [1.165, 1.54) is 0 Å². The summed E-state index contributed by atoms with van der Waals surface area (Å²) in [6.45, 7) is 0. The molecule has 0 bridgehead atoms. The van der Waals surface area contributed by atoms with Gasteiger partial charge in [0.1, 0.15) is 0 Å². The lowest BCUT2D eigenvalue weighted by Gasteiger charge is -2.28. The smallest absolute Gasteiger partial charge is 0.253 e. The highest BCUT2D eigenvalue weighted by Gasteiger charge is 2.26. The minimum atomic E-state index is -0.480. The van der Waals surface area contributed by atoms with Crippen molar-refractivity contribution in [3.05, 3.63) is 34.6 Å². The van der Waals surface area contributed by atoms with Crippen LogP contribution >= 0.6 is 15.9 Å². The number of carbonyl (C=O) groups excluding carboxylic acids is 1. The molecule has 1 amide bonds. The number of pyridine rings is 1. The van der Waals surface area contributed by atoms with E-state index in [-0.39, 0.29) is 11.9 Å². The van der Waals surface area contributed by atoms with Crippen molar-refractivity contribution in [3.63, 3.8) is 0 Å². The van der Waals surface area contributed by atoms with Crippen molar-refractivity contribution < 1.29 is 9.90 Å². The fourth-order valence-corrected chi connectivity index (χ4v) is 3.51. The number of amides is 1. The molecule has 116 valence electrons. The molecule has 4 N–H and O–H groups in total. The van der Waals surface area contributed by atoms with Crippen molar-refractivity contribution in [2.75, 3.05) is 5.73 Å². The van der Waals surface area contributed by atoms with Crippen molar-refractivity contribution in [1.29, 1.82) is 0 Å². The van der Waals surface area contributed by atoms with E-state index in [0.29, 0.717) is 11.3 Å². The highest BCUT2D eigenvalue weighted by atomic mass is 79.9. The monoisotopic (exact) mass is 363 g/mol. The summed E-state index contributed by atoms with van der Waals surface area (Å²) in [6.07, 6.45) is 6.43. The summed E-state index contributed by atoms with van der Waals surface area (Å²) in [4.78, 5) is 16.6. The molecule has 3 rings (SSSR count). The minimum Gasteiger partial charge on any atom is -0.398 e. The molecule has 0 spiro atoms. The Morgan fingerprint density at radius 2 is 2.14 bits per heavy atom. The second-order valence-corrected chi connectivity index (χ2v) is 6.53. The predicted molar refractivity (Wildman–Crippen MR) is 89.6 cm³/mol. The van der Waals surface area contributed by atoms with Gasteiger partial charge in [0.15, 0.2) is 0 Å². The van der Waals surface area contributed by atoms with Crippen molar-refractivity contribution >= 4 is 38.3 Å². The van der Waals surface area contributed by atoms with Gasteiger partial charge in [0.25, 0.3) is 5.91 Å². The molecule has 2 aromatic rings. The Morgan fingerprint density at radius 1 is 1.36 bits per heavy atom. The standard InChI is InChI=1S/C16H18BrN3O2/c17-12-7-10(15(18)9-5-6-19-8-11(9)12)16(22)20-13-3-1-2-4-14(13)21/h5-8,13-14,21H,1-4,18H2,(H,20,22)/t13-,14-/m0/s1. The van der Waals surface area contributed by atoms with Crippen LogP contribution in [-0.2, 0) is 0 Å². The normalized spacial score (nSPS) is 21.7. The van der Waals surface area contributed by atoms with E-state index >= 15 is 0 Å². The van der Waals surface area contributed by atoms with Crippen LogP contribution in [0.15, 0.2) is 29.0 Å². The second-order valence-electron chi connectivity index (χ2n) is 5.67. The lowest BCUT2D eigenvalue weighted by molar-refractivity contribution is 0.0718. The second kappa shape index (κ2) is 6.22. The first-order chi connectivity index (χ1) is 10.6.